The first-order chi connectivity index (χ1) is 7.65. The van der Waals surface area contributed by atoms with E-state index in [4.69, 9.17) is 5.11 Å². The summed E-state index contributed by atoms with van der Waals surface area (Å²) in [5, 5.41) is 11.4. The Morgan fingerprint density at radius 3 is 2.88 bits per heavy atom. The van der Waals surface area contributed by atoms with Crippen LogP contribution in [0.5, 0.6) is 0 Å². The summed E-state index contributed by atoms with van der Waals surface area (Å²) < 4.78 is 1.04. The highest BCUT2D eigenvalue weighted by Crippen LogP contribution is 2.22. The summed E-state index contributed by atoms with van der Waals surface area (Å²) in [5.74, 6) is -0.934. The number of aromatic nitrogens is 1. The first-order valence-electron chi connectivity index (χ1n) is 4.26. The molecule has 0 aliphatic carbocycles. The van der Waals surface area contributed by atoms with Gasteiger partial charge in [0.05, 0.1) is 6.20 Å². The molecule has 0 atom stereocenters. The van der Waals surface area contributed by atoms with Crippen molar-refractivity contribution in [3.8, 4) is 0 Å². The minimum absolute atomic E-state index is 0.256. The molecule has 82 valence electrons. The van der Waals surface area contributed by atoms with Crippen LogP contribution in [0.25, 0.3) is 12.2 Å². The van der Waals surface area contributed by atoms with E-state index >= 15 is 0 Å². The fraction of sp³-hybridized carbons (Fsp3) is 0. The van der Waals surface area contributed by atoms with Crippen LogP contribution < -0.4 is 0 Å². The van der Waals surface area contributed by atoms with Crippen LogP contribution >= 0.6 is 38.6 Å². The number of rotatable bonds is 3. The van der Waals surface area contributed by atoms with Crippen LogP contribution in [0.4, 0.5) is 0 Å². The molecule has 2 aromatic heterocycles. The van der Waals surface area contributed by atoms with Gasteiger partial charge in [0.2, 0.25) is 0 Å². The van der Waals surface area contributed by atoms with Crippen LogP contribution in [0.1, 0.15) is 19.6 Å². The zero-order chi connectivity index (χ0) is 11.5. The summed E-state index contributed by atoms with van der Waals surface area (Å²) in [6.45, 7) is 0. The molecule has 0 spiro atoms. The van der Waals surface area contributed by atoms with Crippen molar-refractivity contribution in [2.24, 2.45) is 0 Å². The lowest BCUT2D eigenvalue weighted by Gasteiger charge is -1.83. The first kappa shape index (κ1) is 11.5. The Bertz CT molecular complexity index is 545. The van der Waals surface area contributed by atoms with Crippen LogP contribution in [0, 0.1) is 0 Å². The second-order valence-corrected chi connectivity index (χ2v) is 5.79. The summed E-state index contributed by atoms with van der Waals surface area (Å²) in [6, 6.07) is 1.99. The van der Waals surface area contributed by atoms with Crippen LogP contribution in [0.3, 0.4) is 0 Å². The zero-order valence-electron chi connectivity index (χ0n) is 7.88. The van der Waals surface area contributed by atoms with Crippen LogP contribution in [0.15, 0.2) is 22.1 Å². The predicted molar refractivity (Wildman–Crippen MR) is 70.0 cm³/mol. The lowest BCUT2D eigenvalue weighted by molar-refractivity contribution is 0.0702. The van der Waals surface area contributed by atoms with E-state index in [-0.39, 0.29) is 4.88 Å². The van der Waals surface area contributed by atoms with Gasteiger partial charge in [0, 0.05) is 14.7 Å². The number of carbonyl (C=O) groups is 1. The van der Waals surface area contributed by atoms with Crippen molar-refractivity contribution in [1.29, 1.82) is 0 Å². The van der Waals surface area contributed by atoms with Gasteiger partial charge in [0.15, 0.2) is 0 Å². The van der Waals surface area contributed by atoms with Gasteiger partial charge in [-0.05, 0) is 34.1 Å². The molecule has 0 amide bonds. The van der Waals surface area contributed by atoms with E-state index in [9.17, 15) is 4.79 Å². The topological polar surface area (TPSA) is 50.2 Å². The lowest BCUT2D eigenvalue weighted by atomic mass is 10.4. The highest BCUT2D eigenvalue weighted by Gasteiger charge is 2.06. The second-order valence-electron chi connectivity index (χ2n) is 2.87. The van der Waals surface area contributed by atoms with Gasteiger partial charge in [-0.1, -0.05) is 0 Å². The quantitative estimate of drug-likeness (QED) is 0.936. The van der Waals surface area contributed by atoms with Gasteiger partial charge in [-0.25, -0.2) is 9.78 Å². The third-order valence-electron chi connectivity index (χ3n) is 1.71. The highest BCUT2D eigenvalue weighted by molar-refractivity contribution is 9.10. The Morgan fingerprint density at radius 1 is 1.50 bits per heavy atom. The van der Waals surface area contributed by atoms with Gasteiger partial charge in [-0.2, -0.15) is 0 Å². The Kier molecular flexibility index (Phi) is 3.52. The summed E-state index contributed by atoms with van der Waals surface area (Å²) in [5.41, 5.74) is 0. The molecule has 0 aromatic carbocycles. The molecule has 16 heavy (non-hydrogen) atoms. The Balaban J connectivity index is 2.14. The highest BCUT2D eigenvalue weighted by atomic mass is 79.9. The van der Waals surface area contributed by atoms with Crippen molar-refractivity contribution in [2.75, 3.05) is 0 Å². The maximum absolute atomic E-state index is 10.6. The van der Waals surface area contributed by atoms with Gasteiger partial charge in [0.25, 0.3) is 0 Å². The summed E-state index contributed by atoms with van der Waals surface area (Å²) >= 11 is 6.14. The molecule has 2 heterocycles. The molecule has 2 rings (SSSR count). The van der Waals surface area contributed by atoms with Gasteiger partial charge < -0.3 is 5.11 Å². The normalized spacial score (nSPS) is 11.1. The van der Waals surface area contributed by atoms with Crippen molar-refractivity contribution in [2.45, 2.75) is 0 Å². The number of nitrogens with zero attached hydrogens (tertiary/aromatic N) is 1. The Hall–Kier alpha value is -0.980. The molecule has 3 nitrogen and oxygen atoms in total. The van der Waals surface area contributed by atoms with E-state index in [2.05, 4.69) is 20.9 Å². The van der Waals surface area contributed by atoms with Gasteiger partial charge in [-0.15, -0.1) is 22.7 Å². The third-order valence-corrected chi connectivity index (χ3v) is 4.32. The molecule has 0 unspecified atom stereocenters. The molecular weight excluding hydrogens is 310 g/mol. The lowest BCUT2D eigenvalue weighted by Crippen LogP contribution is -1.89. The number of aromatic carboxylic acids is 1. The van der Waals surface area contributed by atoms with E-state index < -0.39 is 5.97 Å². The van der Waals surface area contributed by atoms with Crippen LogP contribution in [-0.2, 0) is 0 Å². The molecule has 0 aliphatic heterocycles. The van der Waals surface area contributed by atoms with Crippen molar-refractivity contribution < 1.29 is 9.90 Å². The van der Waals surface area contributed by atoms with Crippen molar-refractivity contribution in [3.63, 3.8) is 0 Å². The second kappa shape index (κ2) is 4.90. The smallest absolute Gasteiger partial charge is 0.347 e. The van der Waals surface area contributed by atoms with Gasteiger partial charge in [0.1, 0.15) is 9.88 Å². The van der Waals surface area contributed by atoms with Crippen molar-refractivity contribution in [1.82, 2.24) is 4.98 Å². The van der Waals surface area contributed by atoms with E-state index in [1.165, 1.54) is 6.20 Å². The number of hydrogen-bond donors (Lipinski definition) is 1. The van der Waals surface area contributed by atoms with Crippen molar-refractivity contribution >= 4 is 56.7 Å². The molecular formula is C10H6BrNO2S2. The average molecular weight is 316 g/mol. The number of thiazole rings is 1. The standard InChI is InChI=1S/C10H6BrNO2S2/c11-6-3-7(15-5-6)1-2-9-12-4-8(16-9)10(13)14/h1-5H,(H,13,14)/b2-1-. The van der Waals surface area contributed by atoms with Crippen LogP contribution in [-0.4, -0.2) is 16.1 Å². The van der Waals surface area contributed by atoms with E-state index in [0.29, 0.717) is 5.01 Å². The molecule has 0 aliphatic rings. The fourth-order valence-electron chi connectivity index (χ4n) is 1.03. The number of thiophene rings is 1. The third kappa shape index (κ3) is 2.78. The Labute approximate surface area is 108 Å². The number of hydrogen-bond acceptors (Lipinski definition) is 4. The number of carboxylic acids is 1. The largest absolute Gasteiger partial charge is 0.477 e. The Morgan fingerprint density at radius 2 is 2.31 bits per heavy atom. The summed E-state index contributed by atoms with van der Waals surface area (Å²) in [7, 11) is 0. The maximum atomic E-state index is 10.6. The predicted octanol–water partition coefficient (Wildman–Crippen LogP) is 3.84. The van der Waals surface area contributed by atoms with E-state index in [1.807, 2.05) is 23.6 Å². The zero-order valence-corrected chi connectivity index (χ0v) is 11.1. The molecule has 2 aromatic rings. The number of carboxylic acid groups (broad SMARTS) is 1. The SMILES string of the molecule is O=C(O)c1cnc(/C=C\c2cc(Br)cs2)s1. The minimum Gasteiger partial charge on any atom is -0.477 e. The van der Waals surface area contributed by atoms with E-state index in [0.717, 1.165) is 20.7 Å². The monoisotopic (exact) mass is 315 g/mol. The summed E-state index contributed by atoms with van der Waals surface area (Å²) in [4.78, 5) is 16.0. The maximum Gasteiger partial charge on any atom is 0.347 e. The molecule has 1 N–H and O–H groups in total. The molecule has 6 heteroatoms. The average Bonchev–Trinajstić information content (AvgIpc) is 2.83. The first-order valence-corrected chi connectivity index (χ1v) is 6.75. The summed E-state index contributed by atoms with van der Waals surface area (Å²) in [6.07, 6.45) is 5.10. The number of halogens is 1. The van der Waals surface area contributed by atoms with E-state index in [1.54, 1.807) is 11.3 Å². The molecule has 0 bridgehead atoms. The fourth-order valence-corrected chi connectivity index (χ4v) is 3.03. The molecule has 0 radical (unpaired) electrons. The minimum atomic E-state index is -0.934. The molecule has 0 saturated carbocycles. The van der Waals surface area contributed by atoms with Crippen LogP contribution in [0.2, 0.25) is 0 Å². The van der Waals surface area contributed by atoms with Gasteiger partial charge in [-0.3, -0.25) is 0 Å². The molecule has 0 fully saturated rings. The van der Waals surface area contributed by atoms with Gasteiger partial charge >= 0.3 is 5.97 Å². The van der Waals surface area contributed by atoms with Crippen molar-refractivity contribution in [3.05, 3.63) is 36.9 Å². The molecule has 0 saturated heterocycles.